The van der Waals surface area contributed by atoms with Crippen LogP contribution in [0.25, 0.3) is 0 Å². The normalized spacial score (nSPS) is 19.5. The number of hydrogen-bond acceptors (Lipinski definition) is 11. The van der Waals surface area contributed by atoms with Gasteiger partial charge in [0, 0.05) is 12.8 Å². The van der Waals surface area contributed by atoms with E-state index in [1.54, 1.807) is 0 Å². The Labute approximate surface area is 402 Å². The lowest BCUT2D eigenvalue weighted by Crippen LogP contribution is -2.60. The maximum absolute atomic E-state index is 12.9. The highest BCUT2D eigenvalue weighted by molar-refractivity contribution is 7.85. The van der Waals surface area contributed by atoms with Crippen LogP contribution >= 0.6 is 0 Å². The Morgan fingerprint density at radius 2 is 0.879 bits per heavy atom. The van der Waals surface area contributed by atoms with Crippen molar-refractivity contribution in [1.82, 2.24) is 0 Å². The fourth-order valence-electron chi connectivity index (χ4n) is 8.32. The zero-order chi connectivity index (χ0) is 48.4. The monoisotopic (exact) mass is 959 g/mol. The van der Waals surface area contributed by atoms with Gasteiger partial charge in [0.05, 0.1) is 6.61 Å². The fourth-order valence-corrected chi connectivity index (χ4v) is 9.02. The van der Waals surface area contributed by atoms with E-state index in [1.165, 1.54) is 161 Å². The SMILES string of the molecule is CCCCCCCCCC/C=C/CCCCCC(=O)OC[C@H](CO[C@H]1O[C@H](CS(=O)(=O)O)[C@@H](O)C(O)C1O)OC(=O)CCC/C=C/CCCCCCCCCCCCCCCCCCCC. The number of rotatable bonds is 46. The lowest BCUT2D eigenvalue weighted by molar-refractivity contribution is -0.297. The van der Waals surface area contributed by atoms with Gasteiger partial charge in [-0.3, -0.25) is 14.1 Å². The van der Waals surface area contributed by atoms with Crippen molar-refractivity contribution in [3.8, 4) is 0 Å². The molecular weight excluding hydrogens is 861 g/mol. The van der Waals surface area contributed by atoms with Crippen LogP contribution in [0.4, 0.5) is 0 Å². The van der Waals surface area contributed by atoms with Gasteiger partial charge >= 0.3 is 11.9 Å². The molecule has 0 aliphatic carbocycles. The first-order chi connectivity index (χ1) is 32.0. The number of ether oxygens (including phenoxy) is 4. The molecule has 0 aromatic heterocycles. The molecule has 0 spiro atoms. The van der Waals surface area contributed by atoms with Crippen molar-refractivity contribution in [3.05, 3.63) is 24.3 Å². The van der Waals surface area contributed by atoms with Crippen LogP contribution < -0.4 is 0 Å². The smallest absolute Gasteiger partial charge is 0.306 e. The maximum Gasteiger partial charge on any atom is 0.306 e. The Bertz CT molecular complexity index is 1310. The Morgan fingerprint density at radius 1 is 0.500 bits per heavy atom. The molecule has 1 heterocycles. The first-order valence-electron chi connectivity index (χ1n) is 26.9. The largest absolute Gasteiger partial charge is 0.462 e. The first kappa shape index (κ1) is 62.1. The van der Waals surface area contributed by atoms with Crippen LogP contribution in [0, 0.1) is 0 Å². The van der Waals surface area contributed by atoms with Crippen molar-refractivity contribution in [3.63, 3.8) is 0 Å². The number of allylic oxidation sites excluding steroid dienone is 4. The molecule has 0 aromatic rings. The molecule has 388 valence electrons. The summed E-state index contributed by atoms with van der Waals surface area (Å²) in [7, 11) is -4.61. The van der Waals surface area contributed by atoms with E-state index in [1.807, 2.05) is 0 Å². The zero-order valence-electron chi connectivity index (χ0n) is 41.8. The van der Waals surface area contributed by atoms with Crippen LogP contribution in [-0.2, 0) is 38.7 Å². The molecule has 1 aliphatic rings. The fraction of sp³-hybridized carbons (Fsp3) is 0.887. The van der Waals surface area contributed by atoms with Crippen LogP contribution in [0.5, 0.6) is 0 Å². The minimum atomic E-state index is -4.61. The van der Waals surface area contributed by atoms with E-state index in [-0.39, 0.29) is 19.4 Å². The number of carbonyl (C=O) groups is 2. The van der Waals surface area contributed by atoms with Gasteiger partial charge in [0.2, 0.25) is 0 Å². The molecule has 0 saturated carbocycles. The predicted molar refractivity (Wildman–Crippen MR) is 266 cm³/mol. The maximum atomic E-state index is 12.9. The number of hydrogen-bond donors (Lipinski definition) is 4. The van der Waals surface area contributed by atoms with Crippen LogP contribution in [-0.4, -0.2) is 96.0 Å². The van der Waals surface area contributed by atoms with Gasteiger partial charge < -0.3 is 34.3 Å². The summed E-state index contributed by atoms with van der Waals surface area (Å²) < 4.78 is 54.2. The van der Waals surface area contributed by atoms with Gasteiger partial charge in [-0.25, -0.2) is 0 Å². The van der Waals surface area contributed by atoms with Crippen molar-refractivity contribution >= 4 is 22.1 Å². The summed E-state index contributed by atoms with van der Waals surface area (Å²) in [5.74, 6) is -2.03. The molecule has 1 rings (SSSR count). The Kier molecular flexibility index (Phi) is 40.7. The van der Waals surface area contributed by atoms with E-state index >= 15 is 0 Å². The van der Waals surface area contributed by atoms with Gasteiger partial charge in [-0.1, -0.05) is 199 Å². The molecule has 1 saturated heterocycles. The third-order valence-corrected chi connectivity index (χ3v) is 13.3. The van der Waals surface area contributed by atoms with Crippen molar-refractivity contribution in [2.75, 3.05) is 19.0 Å². The lowest BCUT2D eigenvalue weighted by atomic mass is 10.00. The van der Waals surface area contributed by atoms with E-state index in [9.17, 15) is 37.9 Å². The predicted octanol–water partition coefficient (Wildman–Crippen LogP) is 12.3. The standard InChI is InChI=1S/C53H98O12S/c1-3-5-7-9-11-13-15-17-19-20-21-22-23-24-25-26-28-30-32-34-36-38-40-42-49(55)64-46(44-63-53-52(58)51(57)50(56)47(65-53)45-66(59,60)61)43-62-48(54)41-39-37-35-33-31-29-27-18-16-14-12-10-8-6-4-2/h29,31,34,36,46-47,50-53,56-58H,3-28,30,32-33,35,37-45H2,1-2H3,(H,59,60,61)/b31-29+,36-34+/t46-,47-,50-,51?,52?,53+/m1/s1. The van der Waals surface area contributed by atoms with Gasteiger partial charge in [-0.15, -0.1) is 0 Å². The Morgan fingerprint density at radius 3 is 1.30 bits per heavy atom. The van der Waals surface area contributed by atoms with Gasteiger partial charge in [0.25, 0.3) is 10.1 Å². The molecule has 2 unspecified atom stereocenters. The molecular formula is C53H98O12S. The second-order valence-corrected chi connectivity index (χ2v) is 20.4. The lowest BCUT2D eigenvalue weighted by Gasteiger charge is -2.40. The highest BCUT2D eigenvalue weighted by atomic mass is 32.2. The van der Waals surface area contributed by atoms with Crippen molar-refractivity contribution in [2.24, 2.45) is 0 Å². The molecule has 66 heavy (non-hydrogen) atoms. The summed E-state index contributed by atoms with van der Waals surface area (Å²) in [5.41, 5.74) is 0. The van der Waals surface area contributed by atoms with Crippen LogP contribution in [0.15, 0.2) is 24.3 Å². The number of aliphatic hydroxyl groups is 3. The van der Waals surface area contributed by atoms with Gasteiger partial charge in [-0.05, 0) is 57.8 Å². The van der Waals surface area contributed by atoms with Gasteiger partial charge in [0.1, 0.15) is 36.8 Å². The topological polar surface area (TPSA) is 186 Å². The van der Waals surface area contributed by atoms with Crippen molar-refractivity contribution in [2.45, 2.75) is 282 Å². The van der Waals surface area contributed by atoms with E-state index in [2.05, 4.69) is 38.2 Å². The number of aliphatic hydroxyl groups excluding tert-OH is 3. The molecule has 4 N–H and O–H groups in total. The molecule has 6 atom stereocenters. The molecule has 1 aliphatic heterocycles. The minimum absolute atomic E-state index is 0.117. The quantitative estimate of drug-likeness (QED) is 0.0196. The second kappa shape index (κ2) is 43.2. The molecule has 0 radical (unpaired) electrons. The first-order valence-corrected chi connectivity index (χ1v) is 28.5. The summed E-state index contributed by atoms with van der Waals surface area (Å²) in [6.07, 6.45) is 40.9. The van der Waals surface area contributed by atoms with Crippen molar-refractivity contribution < 1.29 is 56.8 Å². The van der Waals surface area contributed by atoms with E-state index < -0.39 is 71.2 Å². The molecule has 12 nitrogen and oxygen atoms in total. The van der Waals surface area contributed by atoms with E-state index in [0.29, 0.717) is 19.3 Å². The second-order valence-electron chi connectivity index (χ2n) is 18.9. The number of unbranched alkanes of at least 4 members (excludes halogenated alkanes) is 30. The van der Waals surface area contributed by atoms with Crippen LogP contribution in [0.3, 0.4) is 0 Å². The minimum Gasteiger partial charge on any atom is -0.462 e. The van der Waals surface area contributed by atoms with E-state index in [4.69, 9.17) is 18.9 Å². The summed E-state index contributed by atoms with van der Waals surface area (Å²) >= 11 is 0. The average Bonchev–Trinajstić information content (AvgIpc) is 3.28. The molecule has 1 fully saturated rings. The summed E-state index contributed by atoms with van der Waals surface area (Å²) in [5, 5.41) is 31.0. The van der Waals surface area contributed by atoms with Gasteiger partial charge in [0.15, 0.2) is 12.4 Å². The Hall–Kier alpha value is -1.87. The third-order valence-electron chi connectivity index (χ3n) is 12.5. The zero-order valence-corrected chi connectivity index (χ0v) is 42.6. The number of carbonyl (C=O) groups excluding carboxylic acids is 2. The van der Waals surface area contributed by atoms with Crippen LogP contribution in [0.2, 0.25) is 0 Å². The summed E-state index contributed by atoms with van der Waals surface area (Å²) in [4.78, 5) is 25.5. The highest BCUT2D eigenvalue weighted by Gasteiger charge is 2.46. The Balaban J connectivity index is 2.35. The number of esters is 2. The van der Waals surface area contributed by atoms with Crippen molar-refractivity contribution in [1.29, 1.82) is 0 Å². The molecule has 0 bridgehead atoms. The average molecular weight is 959 g/mol. The third kappa shape index (κ3) is 37.1. The molecule has 0 amide bonds. The highest BCUT2D eigenvalue weighted by Crippen LogP contribution is 2.24. The summed E-state index contributed by atoms with van der Waals surface area (Å²) in [6.45, 7) is 3.76. The van der Waals surface area contributed by atoms with Gasteiger partial charge in [-0.2, -0.15) is 8.42 Å². The molecule has 0 aromatic carbocycles. The summed E-state index contributed by atoms with van der Waals surface area (Å²) in [6, 6.07) is 0. The van der Waals surface area contributed by atoms with Crippen LogP contribution in [0.1, 0.15) is 245 Å². The molecule has 13 heteroatoms. The van der Waals surface area contributed by atoms with E-state index in [0.717, 1.165) is 38.5 Å².